The van der Waals surface area contributed by atoms with E-state index in [9.17, 15) is 9.90 Å². The number of hydrogen-bond donors (Lipinski definition) is 2. The van der Waals surface area contributed by atoms with E-state index in [4.69, 9.17) is 5.11 Å². The molecule has 13 heavy (non-hydrogen) atoms. The molecule has 0 fully saturated rings. The van der Waals surface area contributed by atoms with Gasteiger partial charge in [-0.25, -0.2) is 0 Å². The summed E-state index contributed by atoms with van der Waals surface area (Å²) in [4.78, 5) is 10.9. The van der Waals surface area contributed by atoms with Crippen LogP contribution in [0.2, 0.25) is 0 Å². The summed E-state index contributed by atoms with van der Waals surface area (Å²) < 4.78 is 0. The standard InChI is InChI=1S/C10H20O3/c1-7(2)6-10(5,13)9(3,4)8(11)12/h7,13H,6H2,1-5H3,(H,11,12). The van der Waals surface area contributed by atoms with Crippen LogP contribution in [0.3, 0.4) is 0 Å². The van der Waals surface area contributed by atoms with E-state index in [0.29, 0.717) is 6.42 Å². The molecule has 0 aliphatic carbocycles. The first-order valence-electron chi connectivity index (χ1n) is 4.57. The highest BCUT2D eigenvalue weighted by atomic mass is 16.4. The average molecular weight is 188 g/mol. The molecule has 1 atom stereocenters. The maximum Gasteiger partial charge on any atom is 0.311 e. The fourth-order valence-electron chi connectivity index (χ4n) is 1.28. The first kappa shape index (κ1) is 12.4. The predicted molar refractivity (Wildman–Crippen MR) is 51.5 cm³/mol. The Morgan fingerprint density at radius 1 is 1.31 bits per heavy atom. The zero-order chi connectivity index (χ0) is 10.9. The highest BCUT2D eigenvalue weighted by molar-refractivity contribution is 5.75. The number of hydrogen-bond acceptors (Lipinski definition) is 2. The number of aliphatic carboxylic acids is 1. The van der Waals surface area contributed by atoms with Crippen LogP contribution >= 0.6 is 0 Å². The Labute approximate surface area is 79.8 Å². The molecular weight excluding hydrogens is 168 g/mol. The molecule has 0 aliphatic heterocycles. The number of carboxylic acid groups (broad SMARTS) is 1. The Morgan fingerprint density at radius 3 is 1.92 bits per heavy atom. The van der Waals surface area contributed by atoms with Gasteiger partial charge >= 0.3 is 5.97 Å². The van der Waals surface area contributed by atoms with E-state index in [2.05, 4.69) is 0 Å². The Kier molecular flexibility index (Phi) is 3.50. The van der Waals surface area contributed by atoms with Gasteiger partial charge in [0, 0.05) is 0 Å². The molecule has 0 rings (SSSR count). The van der Waals surface area contributed by atoms with Crippen molar-refractivity contribution >= 4 is 5.97 Å². The van der Waals surface area contributed by atoms with E-state index in [1.165, 1.54) is 0 Å². The number of carbonyl (C=O) groups is 1. The van der Waals surface area contributed by atoms with E-state index in [1.807, 2.05) is 13.8 Å². The van der Waals surface area contributed by atoms with Gasteiger partial charge in [0.2, 0.25) is 0 Å². The van der Waals surface area contributed by atoms with Crippen molar-refractivity contribution in [3.05, 3.63) is 0 Å². The molecule has 0 saturated heterocycles. The molecule has 0 saturated carbocycles. The smallest absolute Gasteiger partial charge is 0.311 e. The second kappa shape index (κ2) is 3.66. The Bertz CT molecular complexity index is 192. The summed E-state index contributed by atoms with van der Waals surface area (Å²) in [5.74, 6) is -0.674. The number of rotatable bonds is 4. The van der Waals surface area contributed by atoms with Crippen molar-refractivity contribution in [2.45, 2.75) is 46.6 Å². The lowest BCUT2D eigenvalue weighted by atomic mass is 9.72. The van der Waals surface area contributed by atoms with E-state index in [0.717, 1.165) is 0 Å². The van der Waals surface area contributed by atoms with Gasteiger partial charge in [-0.3, -0.25) is 4.79 Å². The van der Waals surface area contributed by atoms with Crippen molar-refractivity contribution < 1.29 is 15.0 Å². The maximum atomic E-state index is 10.9. The summed E-state index contributed by atoms with van der Waals surface area (Å²) in [7, 11) is 0. The van der Waals surface area contributed by atoms with Gasteiger partial charge < -0.3 is 10.2 Å². The summed E-state index contributed by atoms with van der Waals surface area (Å²) >= 11 is 0. The fourth-order valence-corrected chi connectivity index (χ4v) is 1.28. The molecule has 0 aromatic heterocycles. The van der Waals surface area contributed by atoms with Crippen molar-refractivity contribution in [2.75, 3.05) is 0 Å². The average Bonchev–Trinajstić information content (AvgIpc) is 1.83. The third-order valence-electron chi connectivity index (χ3n) is 2.69. The highest BCUT2D eigenvalue weighted by Crippen LogP contribution is 2.35. The maximum absolute atomic E-state index is 10.9. The van der Waals surface area contributed by atoms with Crippen LogP contribution in [0.25, 0.3) is 0 Å². The second-order valence-corrected chi connectivity index (χ2v) is 4.80. The van der Waals surface area contributed by atoms with E-state index < -0.39 is 17.0 Å². The number of carboxylic acids is 1. The SMILES string of the molecule is CC(C)CC(C)(O)C(C)(C)C(=O)O. The van der Waals surface area contributed by atoms with Crippen molar-refractivity contribution in [1.29, 1.82) is 0 Å². The molecule has 0 aromatic carbocycles. The molecule has 0 bridgehead atoms. The molecule has 3 nitrogen and oxygen atoms in total. The second-order valence-electron chi connectivity index (χ2n) is 4.80. The minimum atomic E-state index is -1.16. The predicted octanol–water partition coefficient (Wildman–Crippen LogP) is 1.89. The molecule has 2 N–H and O–H groups in total. The molecule has 78 valence electrons. The van der Waals surface area contributed by atoms with Crippen LogP contribution in [0, 0.1) is 11.3 Å². The van der Waals surface area contributed by atoms with E-state index >= 15 is 0 Å². The Balaban J connectivity index is 4.70. The van der Waals surface area contributed by atoms with Crippen molar-refractivity contribution in [1.82, 2.24) is 0 Å². The lowest BCUT2D eigenvalue weighted by Crippen LogP contribution is -2.48. The van der Waals surface area contributed by atoms with Gasteiger partial charge in [-0.1, -0.05) is 13.8 Å². The molecule has 3 heteroatoms. The summed E-state index contributed by atoms with van der Waals surface area (Å²) in [6, 6.07) is 0. The summed E-state index contributed by atoms with van der Waals surface area (Å²) in [6.07, 6.45) is 0.492. The minimum absolute atomic E-state index is 0.286. The van der Waals surface area contributed by atoms with Crippen LogP contribution in [-0.2, 0) is 4.79 Å². The zero-order valence-corrected chi connectivity index (χ0v) is 9.09. The van der Waals surface area contributed by atoms with Crippen LogP contribution in [0.5, 0.6) is 0 Å². The van der Waals surface area contributed by atoms with Crippen molar-refractivity contribution in [3.63, 3.8) is 0 Å². The molecule has 0 aromatic rings. The summed E-state index contributed by atoms with van der Waals surface area (Å²) in [6.45, 7) is 8.62. The molecule has 0 radical (unpaired) electrons. The molecular formula is C10H20O3. The van der Waals surface area contributed by atoms with Crippen molar-refractivity contribution in [3.8, 4) is 0 Å². The molecule has 0 amide bonds. The Morgan fingerprint density at radius 2 is 1.69 bits per heavy atom. The van der Waals surface area contributed by atoms with Gasteiger partial charge in [0.25, 0.3) is 0 Å². The van der Waals surface area contributed by atoms with Crippen LogP contribution in [0.15, 0.2) is 0 Å². The van der Waals surface area contributed by atoms with Crippen molar-refractivity contribution in [2.24, 2.45) is 11.3 Å². The largest absolute Gasteiger partial charge is 0.481 e. The van der Waals surface area contributed by atoms with Gasteiger partial charge in [0.05, 0.1) is 11.0 Å². The van der Waals surface area contributed by atoms with Gasteiger partial charge in [-0.05, 0) is 33.1 Å². The van der Waals surface area contributed by atoms with Gasteiger partial charge in [0.1, 0.15) is 0 Å². The van der Waals surface area contributed by atoms with Gasteiger partial charge in [-0.2, -0.15) is 0 Å². The van der Waals surface area contributed by atoms with E-state index in [-0.39, 0.29) is 5.92 Å². The topological polar surface area (TPSA) is 57.5 Å². The third kappa shape index (κ3) is 2.69. The first-order chi connectivity index (χ1) is 5.61. The zero-order valence-electron chi connectivity index (χ0n) is 9.09. The lowest BCUT2D eigenvalue weighted by molar-refractivity contribution is -0.164. The summed E-state index contributed by atoms with van der Waals surface area (Å²) in [5.41, 5.74) is -2.26. The van der Waals surface area contributed by atoms with Gasteiger partial charge in [0.15, 0.2) is 0 Å². The molecule has 0 heterocycles. The van der Waals surface area contributed by atoms with Crippen LogP contribution in [0.1, 0.15) is 41.0 Å². The quantitative estimate of drug-likeness (QED) is 0.708. The fraction of sp³-hybridized carbons (Fsp3) is 0.900. The Hall–Kier alpha value is -0.570. The number of aliphatic hydroxyl groups is 1. The minimum Gasteiger partial charge on any atom is -0.481 e. The molecule has 0 spiro atoms. The van der Waals surface area contributed by atoms with Gasteiger partial charge in [-0.15, -0.1) is 0 Å². The van der Waals surface area contributed by atoms with Crippen LogP contribution in [-0.4, -0.2) is 21.8 Å². The highest BCUT2D eigenvalue weighted by Gasteiger charge is 2.45. The molecule has 1 unspecified atom stereocenters. The lowest BCUT2D eigenvalue weighted by Gasteiger charge is -2.37. The normalized spacial score (nSPS) is 17.2. The summed E-state index contributed by atoms with van der Waals surface area (Å²) in [5, 5.41) is 18.9. The van der Waals surface area contributed by atoms with E-state index in [1.54, 1.807) is 20.8 Å². The molecule has 0 aliphatic rings. The first-order valence-corrected chi connectivity index (χ1v) is 4.57. The third-order valence-corrected chi connectivity index (χ3v) is 2.69. The van der Waals surface area contributed by atoms with Crippen LogP contribution < -0.4 is 0 Å². The monoisotopic (exact) mass is 188 g/mol. The van der Waals surface area contributed by atoms with Crippen LogP contribution in [0.4, 0.5) is 0 Å².